The lowest BCUT2D eigenvalue weighted by atomic mass is 10.3. The number of nitrogen functional groups attached to an aromatic ring is 1. The maximum atomic E-state index is 6.16. The predicted octanol–water partition coefficient (Wildman–Crippen LogP) is 1.18. The summed E-state index contributed by atoms with van der Waals surface area (Å²) in [6.45, 7) is 2.39. The van der Waals surface area contributed by atoms with Crippen LogP contribution < -0.4 is 10.6 Å². The van der Waals surface area contributed by atoms with E-state index in [9.17, 15) is 0 Å². The molecule has 8 heteroatoms. The van der Waals surface area contributed by atoms with E-state index in [1.807, 2.05) is 31.0 Å². The molecule has 0 radical (unpaired) electrons. The highest BCUT2D eigenvalue weighted by atomic mass is 16.5. The van der Waals surface area contributed by atoms with Gasteiger partial charge >= 0.3 is 0 Å². The van der Waals surface area contributed by atoms with E-state index in [1.165, 1.54) is 6.33 Å². The van der Waals surface area contributed by atoms with Gasteiger partial charge in [-0.05, 0) is 13.0 Å². The van der Waals surface area contributed by atoms with Crippen LogP contribution in [0, 0.1) is 6.92 Å². The molecule has 0 saturated carbocycles. The van der Waals surface area contributed by atoms with Gasteiger partial charge in [-0.15, -0.1) is 0 Å². The highest BCUT2D eigenvalue weighted by Gasteiger charge is 2.15. The Balaban J connectivity index is 1.90. The van der Waals surface area contributed by atoms with Crippen molar-refractivity contribution < 1.29 is 4.52 Å². The Morgan fingerprint density at radius 2 is 2.24 bits per heavy atom. The Labute approximate surface area is 121 Å². The van der Waals surface area contributed by atoms with Crippen LogP contribution in [0.4, 0.5) is 11.5 Å². The van der Waals surface area contributed by atoms with Crippen molar-refractivity contribution in [3.63, 3.8) is 0 Å². The zero-order valence-corrected chi connectivity index (χ0v) is 11.8. The van der Waals surface area contributed by atoms with Crippen LogP contribution >= 0.6 is 0 Å². The highest BCUT2D eigenvalue weighted by molar-refractivity contribution is 5.69. The first-order valence-corrected chi connectivity index (χ1v) is 6.39. The van der Waals surface area contributed by atoms with Gasteiger partial charge in [0.1, 0.15) is 23.5 Å². The van der Waals surface area contributed by atoms with E-state index in [0.29, 0.717) is 23.9 Å². The molecule has 0 aliphatic heterocycles. The molecule has 3 aromatic rings. The van der Waals surface area contributed by atoms with E-state index in [4.69, 9.17) is 10.3 Å². The van der Waals surface area contributed by atoms with Crippen LogP contribution in [0.1, 0.15) is 11.5 Å². The molecule has 8 nitrogen and oxygen atoms in total. The van der Waals surface area contributed by atoms with Gasteiger partial charge in [-0.1, -0.05) is 5.16 Å². The Morgan fingerprint density at radius 1 is 1.38 bits per heavy atom. The second-order valence-corrected chi connectivity index (χ2v) is 4.67. The van der Waals surface area contributed by atoms with Gasteiger partial charge in [0.25, 0.3) is 0 Å². The first-order valence-electron chi connectivity index (χ1n) is 6.39. The predicted molar refractivity (Wildman–Crippen MR) is 76.9 cm³/mol. The monoisotopic (exact) mass is 285 g/mol. The largest absolute Gasteiger partial charge is 0.393 e. The highest BCUT2D eigenvalue weighted by Crippen LogP contribution is 2.24. The van der Waals surface area contributed by atoms with Crippen LogP contribution in [0.15, 0.2) is 35.4 Å². The van der Waals surface area contributed by atoms with Crippen molar-refractivity contribution in [1.29, 1.82) is 0 Å². The maximum absolute atomic E-state index is 6.16. The zero-order valence-electron chi connectivity index (χ0n) is 11.8. The molecule has 3 aromatic heterocycles. The molecule has 0 bridgehead atoms. The topological polar surface area (TPSA) is 98.9 Å². The molecule has 0 aromatic carbocycles. The van der Waals surface area contributed by atoms with Crippen molar-refractivity contribution in [2.24, 2.45) is 0 Å². The summed E-state index contributed by atoms with van der Waals surface area (Å²) >= 11 is 0. The number of aryl methyl sites for hydroxylation is 1. The number of hydrogen-bond donors (Lipinski definition) is 1. The second kappa shape index (κ2) is 5.23. The smallest absolute Gasteiger partial charge is 0.181 e. The average molecular weight is 285 g/mol. The van der Waals surface area contributed by atoms with Gasteiger partial charge in [0.2, 0.25) is 0 Å². The minimum atomic E-state index is 0.462. The van der Waals surface area contributed by atoms with Gasteiger partial charge in [-0.3, -0.25) is 0 Å². The molecule has 0 atom stereocenters. The second-order valence-electron chi connectivity index (χ2n) is 4.67. The molecule has 0 spiro atoms. The number of nitrogens with zero attached hydrogens (tertiary/aromatic N) is 6. The number of aromatic nitrogens is 5. The van der Waals surface area contributed by atoms with Crippen molar-refractivity contribution in [2.75, 3.05) is 17.7 Å². The van der Waals surface area contributed by atoms with E-state index in [0.717, 1.165) is 11.5 Å². The first kappa shape index (κ1) is 13.1. The van der Waals surface area contributed by atoms with Gasteiger partial charge in [0, 0.05) is 25.5 Å². The molecule has 0 saturated heterocycles. The fourth-order valence-electron chi connectivity index (χ4n) is 2.07. The fourth-order valence-corrected chi connectivity index (χ4v) is 2.07. The van der Waals surface area contributed by atoms with Crippen molar-refractivity contribution in [3.8, 4) is 5.82 Å². The normalized spacial score (nSPS) is 10.8. The molecule has 108 valence electrons. The lowest BCUT2D eigenvalue weighted by Crippen LogP contribution is -2.20. The lowest BCUT2D eigenvalue weighted by Gasteiger charge is -2.19. The van der Waals surface area contributed by atoms with E-state index in [-0.39, 0.29) is 0 Å². The minimum absolute atomic E-state index is 0.462. The molecule has 0 fully saturated rings. The Morgan fingerprint density at radius 3 is 2.90 bits per heavy atom. The maximum Gasteiger partial charge on any atom is 0.181 e. The SMILES string of the molecule is Cc1cc(CN(C)c2ncnc(-n3cccn3)c2N)no1. The summed E-state index contributed by atoms with van der Waals surface area (Å²) in [4.78, 5) is 10.3. The summed E-state index contributed by atoms with van der Waals surface area (Å²) in [5, 5.41) is 8.10. The Bertz CT molecular complexity index is 735. The van der Waals surface area contributed by atoms with Crippen LogP contribution in [-0.2, 0) is 6.54 Å². The lowest BCUT2D eigenvalue weighted by molar-refractivity contribution is 0.390. The zero-order chi connectivity index (χ0) is 14.8. The number of rotatable bonds is 4. The molecule has 0 aliphatic carbocycles. The number of nitrogens with two attached hydrogens (primary N) is 1. The molecular weight excluding hydrogens is 270 g/mol. The summed E-state index contributed by atoms with van der Waals surface area (Å²) in [5.41, 5.74) is 7.44. The molecule has 0 aliphatic rings. The molecular formula is C13H15N7O. The van der Waals surface area contributed by atoms with Crippen molar-refractivity contribution in [2.45, 2.75) is 13.5 Å². The number of anilines is 2. The van der Waals surface area contributed by atoms with Crippen LogP contribution in [0.2, 0.25) is 0 Å². The van der Waals surface area contributed by atoms with Crippen LogP contribution in [0.25, 0.3) is 5.82 Å². The number of hydrogen-bond acceptors (Lipinski definition) is 7. The minimum Gasteiger partial charge on any atom is -0.393 e. The third kappa shape index (κ3) is 2.55. The van der Waals surface area contributed by atoms with Gasteiger partial charge in [0.05, 0.1) is 6.54 Å². The summed E-state index contributed by atoms with van der Waals surface area (Å²) in [7, 11) is 1.88. The van der Waals surface area contributed by atoms with Crippen LogP contribution in [0.5, 0.6) is 0 Å². The molecule has 2 N–H and O–H groups in total. The summed E-state index contributed by atoms with van der Waals surface area (Å²) in [6, 6.07) is 3.69. The van der Waals surface area contributed by atoms with Crippen molar-refractivity contribution >= 4 is 11.5 Å². The van der Waals surface area contributed by atoms with E-state index in [1.54, 1.807) is 17.1 Å². The van der Waals surface area contributed by atoms with Gasteiger partial charge in [-0.2, -0.15) is 5.10 Å². The van der Waals surface area contributed by atoms with Crippen LogP contribution in [-0.4, -0.2) is 32.0 Å². The first-order chi connectivity index (χ1) is 10.1. The van der Waals surface area contributed by atoms with E-state index in [2.05, 4.69) is 20.2 Å². The molecule has 3 rings (SSSR count). The molecule has 0 unspecified atom stereocenters. The van der Waals surface area contributed by atoms with E-state index >= 15 is 0 Å². The Hall–Kier alpha value is -2.90. The van der Waals surface area contributed by atoms with Gasteiger partial charge in [0.15, 0.2) is 11.6 Å². The summed E-state index contributed by atoms with van der Waals surface area (Å²) in [5.74, 6) is 1.94. The third-order valence-electron chi connectivity index (χ3n) is 3.00. The molecule has 0 amide bonds. The molecule has 3 heterocycles. The van der Waals surface area contributed by atoms with Crippen molar-refractivity contribution in [3.05, 3.63) is 42.3 Å². The summed E-state index contributed by atoms with van der Waals surface area (Å²) in [6.07, 6.45) is 4.92. The van der Waals surface area contributed by atoms with E-state index < -0.39 is 0 Å². The van der Waals surface area contributed by atoms with Crippen molar-refractivity contribution in [1.82, 2.24) is 24.9 Å². The fraction of sp³-hybridized carbons (Fsp3) is 0.231. The molecule has 21 heavy (non-hydrogen) atoms. The standard InChI is InChI=1S/C13H15N7O/c1-9-6-10(18-21-9)7-19(2)12-11(14)13(16-8-15-12)20-5-3-4-17-20/h3-6,8H,7,14H2,1-2H3. The Kier molecular flexibility index (Phi) is 3.27. The van der Waals surface area contributed by atoms with Crippen LogP contribution in [0.3, 0.4) is 0 Å². The summed E-state index contributed by atoms with van der Waals surface area (Å²) < 4.78 is 6.67. The quantitative estimate of drug-likeness (QED) is 0.768. The van der Waals surface area contributed by atoms with Gasteiger partial charge < -0.3 is 15.2 Å². The van der Waals surface area contributed by atoms with Gasteiger partial charge in [-0.25, -0.2) is 14.6 Å². The third-order valence-corrected chi connectivity index (χ3v) is 3.00. The average Bonchev–Trinajstić information content (AvgIpc) is 3.11.